The lowest BCUT2D eigenvalue weighted by molar-refractivity contribution is -0.147. The first-order chi connectivity index (χ1) is 9.78. The third-order valence-corrected chi connectivity index (χ3v) is 4.16. The van der Waals surface area contributed by atoms with Crippen LogP contribution in [0.5, 0.6) is 0 Å². The number of rotatable bonds is 2. The lowest BCUT2D eigenvalue weighted by atomic mass is 9.98. The average molecular weight is 291 g/mol. The van der Waals surface area contributed by atoms with Gasteiger partial charge >= 0.3 is 5.97 Å². The normalized spacial score (nSPS) is 15.8. The van der Waals surface area contributed by atoms with E-state index >= 15 is 0 Å². The van der Waals surface area contributed by atoms with Gasteiger partial charge in [0.15, 0.2) is 0 Å². The second-order valence-electron chi connectivity index (χ2n) is 5.79. The number of nitrogens with one attached hydrogen (secondary N) is 1. The maximum absolute atomic E-state index is 10.8. The van der Waals surface area contributed by atoms with Gasteiger partial charge in [-0.1, -0.05) is 31.0 Å². The van der Waals surface area contributed by atoms with Crippen LogP contribution in [0.4, 0.5) is 0 Å². The smallest absolute Gasteiger partial charge is 0.329 e. The van der Waals surface area contributed by atoms with Crippen LogP contribution >= 0.6 is 0 Å². The Morgan fingerprint density at radius 1 is 1.10 bits per heavy atom. The van der Waals surface area contributed by atoms with Crippen molar-refractivity contribution in [2.75, 3.05) is 0 Å². The van der Waals surface area contributed by atoms with Crippen molar-refractivity contribution in [2.24, 2.45) is 0 Å². The van der Waals surface area contributed by atoms with Crippen molar-refractivity contribution in [3.63, 3.8) is 0 Å². The van der Waals surface area contributed by atoms with Crippen LogP contribution < -0.4 is 5.32 Å². The molecular weight excluding hydrogens is 266 g/mol. The molecule has 2 rings (SSSR count). The van der Waals surface area contributed by atoms with Crippen LogP contribution in [0.25, 0.3) is 0 Å². The molecule has 0 aliphatic heterocycles. The zero-order valence-electron chi connectivity index (χ0n) is 13.3. The van der Waals surface area contributed by atoms with Crippen molar-refractivity contribution in [1.82, 2.24) is 5.32 Å². The SMILES string of the molecule is CC(=O)NC1(C(=O)O)CCCC1.Cc1cccc(C)c1C. The summed E-state index contributed by atoms with van der Waals surface area (Å²) in [4.78, 5) is 21.6. The second-order valence-corrected chi connectivity index (χ2v) is 5.79. The Morgan fingerprint density at radius 2 is 1.57 bits per heavy atom. The summed E-state index contributed by atoms with van der Waals surface area (Å²) in [6.45, 7) is 7.79. The molecule has 0 saturated heterocycles. The standard InChI is InChI=1S/C9H12.C8H13NO3/c1-7-5-4-6-8(2)9(7)3;1-6(10)9-8(7(11)12)4-2-3-5-8/h4-6H,1-3H3;2-5H2,1H3,(H,9,10)(H,11,12). The van der Waals surface area contributed by atoms with Crippen LogP contribution in [0.2, 0.25) is 0 Å². The molecule has 1 aliphatic rings. The minimum Gasteiger partial charge on any atom is -0.480 e. The van der Waals surface area contributed by atoms with Gasteiger partial charge in [0.1, 0.15) is 5.54 Å². The number of carboxylic acid groups (broad SMARTS) is 1. The van der Waals surface area contributed by atoms with Gasteiger partial charge in [-0.25, -0.2) is 4.79 Å². The van der Waals surface area contributed by atoms with Crippen molar-refractivity contribution >= 4 is 11.9 Å². The predicted octanol–water partition coefficient (Wildman–Crippen LogP) is 3.13. The highest BCUT2D eigenvalue weighted by Gasteiger charge is 2.41. The van der Waals surface area contributed by atoms with Crippen LogP contribution in [0, 0.1) is 20.8 Å². The molecule has 4 nitrogen and oxygen atoms in total. The zero-order chi connectivity index (χ0) is 16.0. The molecule has 0 unspecified atom stereocenters. The average Bonchev–Trinajstić information content (AvgIpc) is 2.85. The van der Waals surface area contributed by atoms with Gasteiger partial charge in [-0.05, 0) is 50.3 Å². The lowest BCUT2D eigenvalue weighted by Gasteiger charge is -2.24. The molecule has 1 saturated carbocycles. The Bertz CT molecular complexity index is 497. The minimum absolute atomic E-state index is 0.265. The quantitative estimate of drug-likeness (QED) is 0.879. The molecule has 0 aromatic heterocycles. The molecule has 4 heteroatoms. The summed E-state index contributed by atoms with van der Waals surface area (Å²) in [6, 6.07) is 6.38. The van der Waals surface area contributed by atoms with Gasteiger partial charge < -0.3 is 10.4 Å². The topological polar surface area (TPSA) is 66.4 Å². The van der Waals surface area contributed by atoms with Gasteiger partial charge in [0, 0.05) is 6.92 Å². The van der Waals surface area contributed by atoms with Crippen LogP contribution in [0.1, 0.15) is 49.3 Å². The van der Waals surface area contributed by atoms with E-state index in [0.717, 1.165) is 12.8 Å². The monoisotopic (exact) mass is 291 g/mol. The largest absolute Gasteiger partial charge is 0.480 e. The molecular formula is C17H25NO3. The molecule has 0 atom stereocenters. The van der Waals surface area contributed by atoms with E-state index in [9.17, 15) is 9.59 Å². The Hall–Kier alpha value is -1.84. The van der Waals surface area contributed by atoms with E-state index in [-0.39, 0.29) is 5.91 Å². The van der Waals surface area contributed by atoms with Crippen LogP contribution in [0.15, 0.2) is 18.2 Å². The number of carbonyl (C=O) groups excluding carboxylic acids is 1. The Kier molecular flexibility index (Phi) is 5.94. The van der Waals surface area contributed by atoms with Gasteiger partial charge in [0.25, 0.3) is 0 Å². The Balaban J connectivity index is 0.000000219. The number of aliphatic carboxylic acids is 1. The molecule has 0 spiro atoms. The van der Waals surface area contributed by atoms with E-state index in [4.69, 9.17) is 5.11 Å². The highest BCUT2D eigenvalue weighted by atomic mass is 16.4. The fraction of sp³-hybridized carbons (Fsp3) is 0.529. The zero-order valence-corrected chi connectivity index (χ0v) is 13.3. The summed E-state index contributed by atoms with van der Waals surface area (Å²) in [5.74, 6) is -1.17. The van der Waals surface area contributed by atoms with Crippen molar-refractivity contribution in [3.05, 3.63) is 34.9 Å². The molecule has 116 valence electrons. The van der Waals surface area contributed by atoms with E-state index < -0.39 is 11.5 Å². The number of aryl methyl sites for hydroxylation is 2. The highest BCUT2D eigenvalue weighted by molar-refractivity contribution is 5.86. The molecule has 1 aromatic carbocycles. The number of carboxylic acids is 1. The van der Waals surface area contributed by atoms with Gasteiger partial charge in [0.2, 0.25) is 5.91 Å². The minimum atomic E-state index is -0.966. The fourth-order valence-electron chi connectivity index (χ4n) is 2.61. The van der Waals surface area contributed by atoms with Crippen LogP contribution in [-0.2, 0) is 9.59 Å². The maximum atomic E-state index is 10.8. The first-order valence-corrected chi connectivity index (χ1v) is 7.33. The number of hydrogen-bond acceptors (Lipinski definition) is 2. The number of amides is 1. The summed E-state index contributed by atoms with van der Waals surface area (Å²) in [5.41, 5.74) is 3.22. The van der Waals surface area contributed by atoms with Crippen LogP contribution in [-0.4, -0.2) is 22.5 Å². The third-order valence-electron chi connectivity index (χ3n) is 4.16. The number of benzene rings is 1. The van der Waals surface area contributed by atoms with E-state index in [2.05, 4.69) is 44.3 Å². The van der Waals surface area contributed by atoms with Crippen molar-refractivity contribution in [2.45, 2.75) is 58.9 Å². The molecule has 2 N–H and O–H groups in total. The molecule has 21 heavy (non-hydrogen) atoms. The summed E-state index contributed by atoms with van der Waals surface area (Å²) >= 11 is 0. The summed E-state index contributed by atoms with van der Waals surface area (Å²) in [6.07, 6.45) is 2.88. The van der Waals surface area contributed by atoms with Gasteiger partial charge in [-0.2, -0.15) is 0 Å². The molecule has 1 aromatic rings. The molecule has 0 radical (unpaired) electrons. The lowest BCUT2D eigenvalue weighted by Crippen LogP contribution is -2.51. The van der Waals surface area contributed by atoms with Crippen molar-refractivity contribution < 1.29 is 14.7 Å². The van der Waals surface area contributed by atoms with Gasteiger partial charge in [0.05, 0.1) is 0 Å². The first kappa shape index (κ1) is 17.2. The van der Waals surface area contributed by atoms with E-state index in [0.29, 0.717) is 12.8 Å². The van der Waals surface area contributed by atoms with Crippen LogP contribution in [0.3, 0.4) is 0 Å². The van der Waals surface area contributed by atoms with E-state index in [1.807, 2.05) is 0 Å². The van der Waals surface area contributed by atoms with Crippen molar-refractivity contribution in [1.29, 1.82) is 0 Å². The number of carbonyl (C=O) groups is 2. The number of hydrogen-bond donors (Lipinski definition) is 2. The Labute approximate surface area is 126 Å². The molecule has 0 bridgehead atoms. The Morgan fingerprint density at radius 3 is 1.90 bits per heavy atom. The maximum Gasteiger partial charge on any atom is 0.329 e. The molecule has 0 heterocycles. The molecule has 1 fully saturated rings. The summed E-state index contributed by atoms with van der Waals surface area (Å²) < 4.78 is 0. The molecule has 1 amide bonds. The highest BCUT2D eigenvalue weighted by Crippen LogP contribution is 2.29. The van der Waals surface area contributed by atoms with E-state index in [1.54, 1.807) is 0 Å². The first-order valence-electron chi connectivity index (χ1n) is 7.33. The van der Waals surface area contributed by atoms with Gasteiger partial charge in [-0.15, -0.1) is 0 Å². The molecule has 1 aliphatic carbocycles. The summed E-state index contributed by atoms with van der Waals surface area (Å²) in [5, 5.41) is 11.4. The third kappa shape index (κ3) is 4.59. The van der Waals surface area contributed by atoms with E-state index in [1.165, 1.54) is 23.6 Å². The summed E-state index contributed by atoms with van der Waals surface area (Å²) in [7, 11) is 0. The van der Waals surface area contributed by atoms with Gasteiger partial charge in [-0.3, -0.25) is 4.79 Å². The second kappa shape index (κ2) is 7.25. The predicted molar refractivity (Wildman–Crippen MR) is 83.3 cm³/mol. The fourth-order valence-corrected chi connectivity index (χ4v) is 2.61. The van der Waals surface area contributed by atoms with Crippen molar-refractivity contribution in [3.8, 4) is 0 Å².